The first-order valence-electron chi connectivity index (χ1n) is 17.1. The molecule has 4 heterocycles. The number of phenolic OH excluding ortho intramolecular Hbond substituents is 1. The van der Waals surface area contributed by atoms with E-state index < -0.39 is 6.10 Å². The molecule has 0 radical (unpaired) electrons. The van der Waals surface area contributed by atoms with Gasteiger partial charge in [0, 0.05) is 43.3 Å². The number of aliphatic hydroxyl groups is 1. The largest absolute Gasteiger partial charge is 0.506 e. The first kappa shape index (κ1) is 32.9. The zero-order valence-electron chi connectivity index (χ0n) is 27.3. The van der Waals surface area contributed by atoms with Gasteiger partial charge in [0.1, 0.15) is 24.2 Å². The van der Waals surface area contributed by atoms with Crippen molar-refractivity contribution in [3.63, 3.8) is 0 Å². The maximum atomic E-state index is 12.6. The third-order valence-corrected chi connectivity index (χ3v) is 9.66. The molecule has 0 aromatic heterocycles. The minimum atomic E-state index is -0.741. The van der Waals surface area contributed by atoms with Crippen molar-refractivity contribution in [2.45, 2.75) is 63.8 Å². The summed E-state index contributed by atoms with van der Waals surface area (Å²) in [6.45, 7) is 7.08. The van der Waals surface area contributed by atoms with Gasteiger partial charge in [0.25, 0.3) is 0 Å². The number of benzene rings is 3. The molecule has 9 nitrogen and oxygen atoms in total. The molecule has 1 unspecified atom stereocenters. The van der Waals surface area contributed by atoms with E-state index in [1.54, 1.807) is 12.1 Å². The number of unbranched alkanes of at least 4 members (excludes halogenated alkanes) is 1. The summed E-state index contributed by atoms with van der Waals surface area (Å²) in [5.74, 6) is 1.45. The van der Waals surface area contributed by atoms with Crippen molar-refractivity contribution in [2.75, 3.05) is 44.6 Å². The van der Waals surface area contributed by atoms with Crippen LogP contribution in [0.3, 0.4) is 0 Å². The highest BCUT2D eigenvalue weighted by Crippen LogP contribution is 2.36. The molecule has 2 bridgehead atoms. The van der Waals surface area contributed by atoms with Gasteiger partial charge < -0.3 is 35.6 Å². The number of hydrogen-bond donors (Lipinski definition) is 5. The molecule has 3 saturated heterocycles. The van der Waals surface area contributed by atoms with Crippen LogP contribution < -0.4 is 20.7 Å². The molecule has 3 aromatic carbocycles. The summed E-state index contributed by atoms with van der Waals surface area (Å²) >= 11 is 0. The van der Waals surface area contributed by atoms with E-state index in [1.807, 2.05) is 42.5 Å². The third kappa shape index (κ3) is 8.27. The maximum absolute atomic E-state index is 12.6. The Morgan fingerprint density at radius 1 is 1.11 bits per heavy atom. The standard InChI is InChI=1S/C38H48N4O5/c1-2-3-10-29(40-23-34(44)31-14-15-33(43)37-32(31)12-7-18-39-37)25-46-35-13-5-4-11-30(35)28-9-6-8-26(21-28)22-41-38(45)47-36-24-42-19-16-27(36)17-20-42/h4-9,11-15,21,27,29,34,36,39-40,43-44H,2-3,10,16-20,22-25H2,1H3,(H,41,45)/t29?,34-,36-/m0/s1. The highest BCUT2D eigenvalue weighted by Gasteiger charge is 2.36. The van der Waals surface area contributed by atoms with Crippen molar-refractivity contribution in [3.05, 3.63) is 83.4 Å². The topological polar surface area (TPSA) is 115 Å². The average Bonchev–Trinajstić information content (AvgIpc) is 3.11. The Bertz CT molecular complexity index is 1540. The summed E-state index contributed by atoms with van der Waals surface area (Å²) in [4.78, 5) is 15.0. The SMILES string of the molecule is CCCCC(COc1ccccc1-c1cccc(CNC(=O)O[C@H]2CN3CCC2CC3)c1)NC[C@H](O)c1ccc(O)c2c1C=CCN2. The van der Waals surface area contributed by atoms with Gasteiger partial charge in [-0.2, -0.15) is 0 Å². The lowest BCUT2D eigenvalue weighted by molar-refractivity contribution is -0.0332. The number of aromatic hydroxyl groups is 1. The molecule has 3 fully saturated rings. The predicted octanol–water partition coefficient (Wildman–Crippen LogP) is 6.08. The number of carbonyl (C=O) groups is 1. The number of phenols is 1. The Balaban J connectivity index is 1.06. The van der Waals surface area contributed by atoms with Crippen molar-refractivity contribution in [2.24, 2.45) is 5.92 Å². The lowest BCUT2D eigenvalue weighted by Gasteiger charge is -2.43. The number of nitrogens with zero attached hydrogens (tertiary/aromatic N) is 1. The van der Waals surface area contributed by atoms with Crippen molar-refractivity contribution in [1.82, 2.24) is 15.5 Å². The van der Waals surface area contributed by atoms with Gasteiger partial charge in [0.05, 0.1) is 11.8 Å². The number of carbonyl (C=O) groups excluding carboxylic acids is 1. The summed E-state index contributed by atoms with van der Waals surface area (Å²) in [6.07, 6.45) is 8.06. The van der Waals surface area contributed by atoms with Crippen LogP contribution in [-0.2, 0) is 11.3 Å². The van der Waals surface area contributed by atoms with Crippen LogP contribution in [0.2, 0.25) is 0 Å². The van der Waals surface area contributed by atoms with Crippen molar-refractivity contribution < 1.29 is 24.5 Å². The van der Waals surface area contributed by atoms with Gasteiger partial charge in [-0.1, -0.05) is 74.4 Å². The Morgan fingerprint density at radius 2 is 1.96 bits per heavy atom. The predicted molar refractivity (Wildman–Crippen MR) is 186 cm³/mol. The number of ether oxygens (including phenoxy) is 2. The van der Waals surface area contributed by atoms with Crippen LogP contribution in [-0.4, -0.2) is 72.7 Å². The van der Waals surface area contributed by atoms with Gasteiger partial charge in [-0.05, 0) is 73.2 Å². The van der Waals surface area contributed by atoms with Gasteiger partial charge in [0.15, 0.2) is 0 Å². The number of para-hydroxylation sites is 1. The van der Waals surface area contributed by atoms with E-state index >= 15 is 0 Å². The van der Waals surface area contributed by atoms with Crippen LogP contribution in [0.25, 0.3) is 17.2 Å². The Morgan fingerprint density at radius 3 is 2.77 bits per heavy atom. The minimum Gasteiger partial charge on any atom is -0.506 e. The number of alkyl carbamates (subject to hydrolysis) is 1. The normalized spacial score (nSPS) is 20.9. The second-order valence-electron chi connectivity index (χ2n) is 13.0. The average molecular weight is 641 g/mol. The van der Waals surface area contributed by atoms with Crippen LogP contribution in [0.1, 0.15) is 61.8 Å². The Hall–Kier alpha value is -4.05. The van der Waals surface area contributed by atoms with Crippen molar-refractivity contribution in [3.8, 4) is 22.6 Å². The third-order valence-electron chi connectivity index (χ3n) is 9.66. The van der Waals surface area contributed by atoms with E-state index in [1.165, 1.54) is 0 Å². The van der Waals surface area contributed by atoms with Gasteiger partial charge in [-0.15, -0.1) is 0 Å². The zero-order chi connectivity index (χ0) is 32.6. The monoisotopic (exact) mass is 640 g/mol. The maximum Gasteiger partial charge on any atom is 0.407 e. The summed E-state index contributed by atoms with van der Waals surface area (Å²) in [5.41, 5.74) is 5.24. The number of piperidine rings is 3. The van der Waals surface area contributed by atoms with Gasteiger partial charge >= 0.3 is 6.09 Å². The number of hydrogen-bond acceptors (Lipinski definition) is 8. The smallest absolute Gasteiger partial charge is 0.407 e. The summed E-state index contributed by atoms with van der Waals surface area (Å²) < 4.78 is 12.3. The van der Waals surface area contributed by atoms with E-state index in [-0.39, 0.29) is 24.0 Å². The van der Waals surface area contributed by atoms with Gasteiger partial charge in [-0.25, -0.2) is 4.79 Å². The molecule has 0 saturated carbocycles. The molecule has 0 spiro atoms. The van der Waals surface area contributed by atoms with Crippen LogP contribution in [0, 0.1) is 5.92 Å². The van der Waals surface area contributed by atoms with Crippen LogP contribution >= 0.6 is 0 Å². The fraction of sp³-hybridized carbons (Fsp3) is 0.447. The number of anilines is 1. The van der Waals surface area contributed by atoms with Gasteiger partial charge in [-0.3, -0.25) is 4.90 Å². The molecule has 0 aliphatic carbocycles. The number of aliphatic hydroxyl groups excluding tert-OH is 1. The highest BCUT2D eigenvalue weighted by molar-refractivity contribution is 5.78. The van der Waals surface area contributed by atoms with Crippen LogP contribution in [0.5, 0.6) is 11.5 Å². The van der Waals surface area contributed by atoms with Crippen LogP contribution in [0.15, 0.2) is 66.7 Å². The molecule has 250 valence electrons. The second-order valence-corrected chi connectivity index (χ2v) is 13.0. The number of nitrogens with one attached hydrogen (secondary N) is 3. The molecular weight excluding hydrogens is 592 g/mol. The lowest BCUT2D eigenvalue weighted by Crippen LogP contribution is -2.52. The molecule has 1 amide bonds. The van der Waals surface area contributed by atoms with E-state index in [2.05, 4.69) is 46.0 Å². The first-order valence-corrected chi connectivity index (χ1v) is 17.1. The van der Waals surface area contributed by atoms with Crippen molar-refractivity contribution >= 4 is 17.9 Å². The summed E-state index contributed by atoms with van der Waals surface area (Å²) in [7, 11) is 0. The molecule has 47 heavy (non-hydrogen) atoms. The fourth-order valence-electron chi connectivity index (χ4n) is 6.97. The Labute approximate surface area is 278 Å². The Kier molecular flexibility index (Phi) is 11.0. The second kappa shape index (κ2) is 15.7. The molecule has 5 N–H and O–H groups in total. The molecule has 4 aliphatic rings. The molecule has 3 atom stereocenters. The van der Waals surface area contributed by atoms with Crippen molar-refractivity contribution in [1.29, 1.82) is 0 Å². The van der Waals surface area contributed by atoms with Crippen LogP contribution in [0.4, 0.5) is 10.5 Å². The van der Waals surface area contributed by atoms with E-state index in [9.17, 15) is 15.0 Å². The number of fused-ring (bicyclic) bond motifs is 4. The van der Waals surface area contributed by atoms with Gasteiger partial charge in [0.2, 0.25) is 0 Å². The quantitative estimate of drug-likeness (QED) is 0.135. The molecular formula is C38H48N4O5. The highest BCUT2D eigenvalue weighted by atomic mass is 16.6. The summed E-state index contributed by atoms with van der Waals surface area (Å²) in [6, 6.07) is 19.6. The van der Waals surface area contributed by atoms with E-state index in [4.69, 9.17) is 9.47 Å². The molecule has 9 heteroatoms. The molecule has 4 aliphatic heterocycles. The first-order chi connectivity index (χ1) is 23.0. The number of amides is 1. The zero-order valence-corrected chi connectivity index (χ0v) is 27.3. The van der Waals surface area contributed by atoms with E-state index in [0.717, 1.165) is 85.3 Å². The minimum absolute atomic E-state index is 0.0145. The van der Waals surface area contributed by atoms with E-state index in [0.29, 0.717) is 37.8 Å². The fourth-order valence-corrected chi connectivity index (χ4v) is 6.97. The summed E-state index contributed by atoms with van der Waals surface area (Å²) in [5, 5.41) is 31.1. The molecule has 7 rings (SSSR count). The molecule has 3 aromatic rings. The lowest BCUT2D eigenvalue weighted by atomic mass is 9.86. The number of rotatable bonds is 14.